The second-order valence-electron chi connectivity index (χ2n) is 7.69. The van der Waals surface area contributed by atoms with Gasteiger partial charge < -0.3 is 15.1 Å². The molecule has 1 saturated carbocycles. The molecule has 3 rings (SSSR count). The molecule has 1 aromatic carbocycles. The lowest BCUT2D eigenvalue weighted by Crippen LogP contribution is -2.40. The summed E-state index contributed by atoms with van der Waals surface area (Å²) in [6.45, 7) is 10.1. The molecular weight excluding hydrogens is 326 g/mol. The summed E-state index contributed by atoms with van der Waals surface area (Å²) in [6, 6.07) is 7.95. The van der Waals surface area contributed by atoms with Crippen LogP contribution in [0.4, 0.5) is 11.4 Å². The van der Waals surface area contributed by atoms with Crippen molar-refractivity contribution in [1.29, 1.82) is 0 Å². The summed E-state index contributed by atoms with van der Waals surface area (Å²) in [6.07, 6.45) is 2.96. The topological polar surface area (TPSA) is 52.7 Å². The van der Waals surface area contributed by atoms with E-state index in [2.05, 4.69) is 31.0 Å². The Kier molecular flexibility index (Phi) is 5.84. The van der Waals surface area contributed by atoms with Crippen LogP contribution in [0.3, 0.4) is 0 Å². The quantitative estimate of drug-likeness (QED) is 0.849. The van der Waals surface area contributed by atoms with Gasteiger partial charge in [0.1, 0.15) is 0 Å². The van der Waals surface area contributed by atoms with E-state index in [1.807, 2.05) is 29.2 Å². The van der Waals surface area contributed by atoms with Gasteiger partial charge in [0.2, 0.25) is 11.8 Å². The maximum absolute atomic E-state index is 12.6. The summed E-state index contributed by atoms with van der Waals surface area (Å²) in [4.78, 5) is 29.3. The molecule has 1 saturated heterocycles. The van der Waals surface area contributed by atoms with Gasteiger partial charge in [-0.05, 0) is 63.3 Å². The van der Waals surface area contributed by atoms with Crippen molar-refractivity contribution in [2.45, 2.75) is 40.0 Å². The molecule has 0 spiro atoms. The first-order chi connectivity index (χ1) is 12.5. The molecule has 1 heterocycles. The maximum Gasteiger partial charge on any atom is 0.228 e. The Morgan fingerprint density at radius 3 is 2.46 bits per heavy atom. The highest BCUT2D eigenvalue weighted by Crippen LogP contribution is 2.41. The van der Waals surface area contributed by atoms with Crippen molar-refractivity contribution in [3.63, 3.8) is 0 Å². The van der Waals surface area contributed by atoms with Crippen LogP contribution in [0.25, 0.3) is 0 Å². The minimum Gasteiger partial charge on any atom is -0.372 e. The van der Waals surface area contributed by atoms with E-state index in [9.17, 15) is 9.59 Å². The van der Waals surface area contributed by atoms with Crippen LogP contribution in [0.1, 0.15) is 40.0 Å². The van der Waals surface area contributed by atoms with Crippen molar-refractivity contribution in [3.8, 4) is 0 Å². The zero-order valence-electron chi connectivity index (χ0n) is 16.2. The summed E-state index contributed by atoms with van der Waals surface area (Å²) in [5.74, 6) is 0.443. The van der Waals surface area contributed by atoms with Crippen LogP contribution in [0.5, 0.6) is 0 Å². The first-order valence-electron chi connectivity index (χ1n) is 9.98. The third-order valence-electron chi connectivity index (χ3n) is 5.68. The van der Waals surface area contributed by atoms with Gasteiger partial charge >= 0.3 is 0 Å². The van der Waals surface area contributed by atoms with Crippen LogP contribution in [-0.4, -0.2) is 42.9 Å². The Hall–Kier alpha value is -2.04. The Balaban J connectivity index is 1.52. The molecule has 3 unspecified atom stereocenters. The number of anilines is 2. The van der Waals surface area contributed by atoms with E-state index < -0.39 is 0 Å². The van der Waals surface area contributed by atoms with Gasteiger partial charge in [0.25, 0.3) is 0 Å². The fourth-order valence-corrected chi connectivity index (χ4v) is 3.96. The van der Waals surface area contributed by atoms with Crippen LogP contribution in [0.15, 0.2) is 24.3 Å². The SMILES string of the molecule is CCN(CC)c1ccc(NC(=O)C2CC2C(=O)N2CCCC(C)C2)cc1. The van der Waals surface area contributed by atoms with Gasteiger partial charge in [0, 0.05) is 37.6 Å². The molecule has 5 nitrogen and oxygen atoms in total. The van der Waals surface area contributed by atoms with Gasteiger partial charge in [0.15, 0.2) is 0 Å². The van der Waals surface area contributed by atoms with Crippen molar-refractivity contribution in [3.05, 3.63) is 24.3 Å². The minimum absolute atomic E-state index is 0.0241. The zero-order valence-corrected chi connectivity index (χ0v) is 16.2. The number of nitrogens with one attached hydrogen (secondary N) is 1. The summed E-state index contributed by atoms with van der Waals surface area (Å²) in [5, 5.41) is 2.97. The Labute approximate surface area is 156 Å². The fourth-order valence-electron chi connectivity index (χ4n) is 3.96. The third-order valence-corrected chi connectivity index (χ3v) is 5.68. The monoisotopic (exact) mass is 357 g/mol. The smallest absolute Gasteiger partial charge is 0.228 e. The van der Waals surface area contributed by atoms with Crippen molar-refractivity contribution in [2.24, 2.45) is 17.8 Å². The molecule has 5 heteroatoms. The highest BCUT2D eigenvalue weighted by Gasteiger charge is 2.49. The van der Waals surface area contributed by atoms with E-state index in [0.717, 1.165) is 44.0 Å². The molecule has 142 valence electrons. The molecule has 0 aromatic heterocycles. The van der Waals surface area contributed by atoms with E-state index in [1.54, 1.807) is 0 Å². The average molecular weight is 357 g/mol. The lowest BCUT2D eigenvalue weighted by molar-refractivity contribution is -0.135. The van der Waals surface area contributed by atoms with Crippen molar-refractivity contribution >= 4 is 23.2 Å². The minimum atomic E-state index is -0.165. The van der Waals surface area contributed by atoms with Crippen LogP contribution in [0, 0.1) is 17.8 Å². The number of nitrogens with zero attached hydrogens (tertiary/aromatic N) is 2. The molecule has 26 heavy (non-hydrogen) atoms. The molecule has 2 amide bonds. The Morgan fingerprint density at radius 2 is 1.85 bits per heavy atom. The van der Waals surface area contributed by atoms with Gasteiger partial charge in [-0.3, -0.25) is 9.59 Å². The molecule has 0 bridgehead atoms. The van der Waals surface area contributed by atoms with E-state index in [0.29, 0.717) is 12.3 Å². The summed E-state index contributed by atoms with van der Waals surface area (Å²) in [7, 11) is 0. The van der Waals surface area contributed by atoms with E-state index in [-0.39, 0.29) is 23.7 Å². The zero-order chi connectivity index (χ0) is 18.7. The number of rotatable bonds is 6. The standard InChI is InChI=1S/C21H31N3O2/c1-4-23(5-2)17-10-8-16(9-11-17)22-20(25)18-13-19(18)21(26)24-12-6-7-15(3)14-24/h8-11,15,18-19H,4-7,12-14H2,1-3H3,(H,22,25). The molecule has 2 fully saturated rings. The Morgan fingerprint density at radius 1 is 1.15 bits per heavy atom. The third kappa shape index (κ3) is 4.19. The lowest BCUT2D eigenvalue weighted by atomic mass is 10.00. The van der Waals surface area contributed by atoms with Gasteiger partial charge in [-0.2, -0.15) is 0 Å². The average Bonchev–Trinajstić information content (AvgIpc) is 3.44. The number of hydrogen-bond acceptors (Lipinski definition) is 3. The molecule has 3 atom stereocenters. The van der Waals surface area contributed by atoms with Crippen LogP contribution >= 0.6 is 0 Å². The van der Waals surface area contributed by atoms with Crippen LogP contribution in [-0.2, 0) is 9.59 Å². The van der Waals surface area contributed by atoms with Gasteiger partial charge in [0.05, 0.1) is 11.8 Å². The Bertz CT molecular complexity index is 639. The normalized spacial score (nSPS) is 24.9. The fraction of sp³-hybridized carbons (Fsp3) is 0.619. The molecule has 1 aliphatic carbocycles. The lowest BCUT2D eigenvalue weighted by Gasteiger charge is -2.31. The van der Waals surface area contributed by atoms with Crippen molar-refractivity contribution in [2.75, 3.05) is 36.4 Å². The number of benzene rings is 1. The summed E-state index contributed by atoms with van der Waals surface area (Å²) in [5.41, 5.74) is 1.96. The first kappa shape index (κ1) is 18.7. The number of amides is 2. The van der Waals surface area contributed by atoms with Crippen molar-refractivity contribution in [1.82, 2.24) is 4.90 Å². The number of carbonyl (C=O) groups excluding carboxylic acids is 2. The van der Waals surface area contributed by atoms with E-state index in [1.165, 1.54) is 6.42 Å². The predicted octanol–water partition coefficient (Wildman–Crippen LogP) is 3.37. The van der Waals surface area contributed by atoms with Gasteiger partial charge in [-0.1, -0.05) is 6.92 Å². The van der Waals surface area contributed by atoms with E-state index >= 15 is 0 Å². The first-order valence-corrected chi connectivity index (χ1v) is 9.98. The second kappa shape index (κ2) is 8.11. The highest BCUT2D eigenvalue weighted by atomic mass is 16.2. The number of hydrogen-bond donors (Lipinski definition) is 1. The number of carbonyl (C=O) groups is 2. The molecule has 2 aliphatic rings. The number of likely N-dealkylation sites (tertiary alicyclic amines) is 1. The maximum atomic E-state index is 12.6. The highest BCUT2D eigenvalue weighted by molar-refractivity contribution is 5.99. The number of piperidine rings is 1. The van der Waals surface area contributed by atoms with Gasteiger partial charge in [-0.15, -0.1) is 0 Å². The van der Waals surface area contributed by atoms with Crippen LogP contribution < -0.4 is 10.2 Å². The second-order valence-corrected chi connectivity index (χ2v) is 7.69. The van der Waals surface area contributed by atoms with Crippen LogP contribution in [0.2, 0.25) is 0 Å². The molecule has 1 aromatic rings. The molecule has 1 N–H and O–H groups in total. The van der Waals surface area contributed by atoms with Crippen molar-refractivity contribution < 1.29 is 9.59 Å². The van der Waals surface area contributed by atoms with E-state index in [4.69, 9.17) is 0 Å². The molecule has 1 aliphatic heterocycles. The van der Waals surface area contributed by atoms with Gasteiger partial charge in [-0.25, -0.2) is 0 Å². The predicted molar refractivity (Wildman–Crippen MR) is 105 cm³/mol. The summed E-state index contributed by atoms with van der Waals surface area (Å²) >= 11 is 0. The summed E-state index contributed by atoms with van der Waals surface area (Å²) < 4.78 is 0. The molecular formula is C21H31N3O2. The largest absolute Gasteiger partial charge is 0.372 e. The molecule has 0 radical (unpaired) electrons.